The van der Waals surface area contributed by atoms with Crippen LogP contribution in [-0.2, 0) is 30.5 Å². The molecular formula is C46H66ClNO6. The lowest BCUT2D eigenvalue weighted by molar-refractivity contribution is -0.233. The molecule has 0 radical (unpaired) electrons. The third kappa shape index (κ3) is 6.58. The number of esters is 1. The van der Waals surface area contributed by atoms with Gasteiger partial charge in [0.2, 0.25) is 5.91 Å². The van der Waals surface area contributed by atoms with Gasteiger partial charge in [0.15, 0.2) is 5.78 Å². The van der Waals surface area contributed by atoms with Crippen molar-refractivity contribution in [2.75, 3.05) is 6.54 Å². The quantitative estimate of drug-likeness (QED) is 0.238. The molecule has 1 aromatic rings. The maximum atomic E-state index is 14.1. The van der Waals surface area contributed by atoms with E-state index in [2.05, 4.69) is 48.5 Å². The number of ketones is 1. The minimum Gasteiger partial charge on any atom is -0.481 e. The van der Waals surface area contributed by atoms with Gasteiger partial charge in [0, 0.05) is 42.3 Å². The number of fused-ring (bicyclic) bond motifs is 7. The van der Waals surface area contributed by atoms with E-state index in [4.69, 9.17) is 16.3 Å². The summed E-state index contributed by atoms with van der Waals surface area (Å²) in [5, 5.41) is 10.3. The van der Waals surface area contributed by atoms with Crippen molar-refractivity contribution in [3.05, 3.63) is 46.0 Å². The Labute approximate surface area is 329 Å². The lowest BCUT2D eigenvalue weighted by atomic mass is 9.33. The Kier molecular flexibility index (Phi) is 10.7. The van der Waals surface area contributed by atoms with Gasteiger partial charge in [0.25, 0.3) is 0 Å². The number of nitrogens with zero attached hydrogens (tertiary/aromatic N) is 1. The molecule has 0 aliphatic heterocycles. The lowest BCUT2D eigenvalue weighted by Gasteiger charge is -2.72. The van der Waals surface area contributed by atoms with Gasteiger partial charge in [-0.05, 0) is 135 Å². The largest absolute Gasteiger partial charge is 0.481 e. The van der Waals surface area contributed by atoms with Crippen LogP contribution in [0.2, 0.25) is 5.02 Å². The number of Topliss-reactive ketones (excluding diaryl/α,β-unsaturated/α-hetero) is 1. The zero-order valence-corrected chi connectivity index (χ0v) is 35.5. The summed E-state index contributed by atoms with van der Waals surface area (Å²) in [6.45, 7) is 22.5. The molecule has 298 valence electrons. The smallest absolute Gasteiger partial charge is 0.309 e. The molecule has 5 aliphatic rings. The average molecular weight is 764 g/mol. The van der Waals surface area contributed by atoms with Gasteiger partial charge in [-0.15, -0.1) is 0 Å². The van der Waals surface area contributed by atoms with Gasteiger partial charge in [0.05, 0.1) is 11.8 Å². The molecule has 0 saturated heterocycles. The highest BCUT2D eigenvalue weighted by molar-refractivity contribution is 6.30. The Hall–Kier alpha value is -2.67. The Balaban J connectivity index is 1.27. The van der Waals surface area contributed by atoms with E-state index in [9.17, 15) is 24.3 Å². The first-order valence-corrected chi connectivity index (χ1v) is 21.1. The highest BCUT2D eigenvalue weighted by Gasteiger charge is 2.70. The molecule has 0 spiro atoms. The molecule has 0 heterocycles. The van der Waals surface area contributed by atoms with Gasteiger partial charge < -0.3 is 14.7 Å². The minimum absolute atomic E-state index is 0.0322. The lowest BCUT2D eigenvalue weighted by Crippen LogP contribution is -2.65. The fourth-order valence-corrected chi connectivity index (χ4v) is 13.6. The molecule has 7 nitrogen and oxygen atoms in total. The Morgan fingerprint density at radius 1 is 0.963 bits per heavy atom. The Morgan fingerprint density at radius 2 is 1.67 bits per heavy atom. The standard InChI is InChI=1S/C46H66ClNO6/c1-28(2)38-33(50)25-46(22-23-48(29(3)49)27-30-12-11-13-31(47)24-30)21-20-44(9)32(39(38)46)14-15-35-43(8)18-17-36(54-37(51)26-41(4,5)40(52)53)42(6,7)34(43)16-19-45(35,44)10/h11-13,24,28,32,34-36H,14-23,25-27H2,1-10H3,(H,52,53)/t32-,34?,35?,36+,43+,44-,45-,46-/m1/s1. The maximum Gasteiger partial charge on any atom is 0.309 e. The number of amides is 1. The van der Waals surface area contributed by atoms with Gasteiger partial charge in [-0.2, -0.15) is 0 Å². The molecule has 1 amide bonds. The normalized spacial score (nSPS) is 35.8. The van der Waals surface area contributed by atoms with E-state index >= 15 is 0 Å². The van der Waals surface area contributed by atoms with Gasteiger partial charge in [0.1, 0.15) is 6.10 Å². The van der Waals surface area contributed by atoms with Gasteiger partial charge in [-0.1, -0.05) is 77.8 Å². The average Bonchev–Trinajstić information content (AvgIpc) is 3.36. The molecule has 1 N–H and O–H groups in total. The van der Waals surface area contributed by atoms with Crippen molar-refractivity contribution in [1.29, 1.82) is 0 Å². The number of hydrogen-bond acceptors (Lipinski definition) is 5. The first-order valence-electron chi connectivity index (χ1n) is 20.7. The summed E-state index contributed by atoms with van der Waals surface area (Å²) in [5.74, 6) is 0.323. The number of halogens is 1. The van der Waals surface area contributed by atoms with Crippen LogP contribution in [0.5, 0.6) is 0 Å². The second-order valence-electron chi connectivity index (χ2n) is 20.5. The van der Waals surface area contributed by atoms with Gasteiger partial charge in [-0.25, -0.2) is 0 Å². The molecule has 0 bridgehead atoms. The van der Waals surface area contributed by atoms with Crippen molar-refractivity contribution in [3.63, 3.8) is 0 Å². The van der Waals surface area contributed by atoms with Crippen LogP contribution in [-0.4, -0.2) is 46.3 Å². The van der Waals surface area contributed by atoms with Crippen LogP contribution < -0.4 is 0 Å². The van der Waals surface area contributed by atoms with Gasteiger partial charge >= 0.3 is 11.9 Å². The first-order chi connectivity index (χ1) is 25.0. The Bertz CT molecular complexity index is 1730. The molecule has 4 fully saturated rings. The maximum absolute atomic E-state index is 14.1. The summed E-state index contributed by atoms with van der Waals surface area (Å²) in [6, 6.07) is 7.74. The summed E-state index contributed by atoms with van der Waals surface area (Å²) >= 11 is 6.31. The second-order valence-corrected chi connectivity index (χ2v) is 20.9. The highest BCUT2D eigenvalue weighted by Crippen LogP contribution is 2.77. The van der Waals surface area contributed by atoms with E-state index in [1.54, 1.807) is 20.8 Å². The van der Waals surface area contributed by atoms with Crippen LogP contribution in [0.4, 0.5) is 0 Å². The van der Waals surface area contributed by atoms with Crippen molar-refractivity contribution in [2.45, 2.75) is 153 Å². The number of hydrogen-bond donors (Lipinski definition) is 1. The third-order valence-electron chi connectivity index (χ3n) is 16.5. The number of aliphatic carboxylic acids is 1. The molecule has 1 aromatic carbocycles. The van der Waals surface area contributed by atoms with Crippen LogP contribution >= 0.6 is 11.6 Å². The van der Waals surface area contributed by atoms with Crippen LogP contribution in [0, 0.1) is 56.2 Å². The summed E-state index contributed by atoms with van der Waals surface area (Å²) in [6.07, 6.45) is 9.15. The number of carboxylic acid groups (broad SMARTS) is 1. The number of carboxylic acids is 1. The SMILES string of the molecule is CC(=O)N(CC[C@@]12CC[C@]3(C)[C@H](CCC4[C@@]5(C)CC[C@H](OC(=O)CC(C)(C)C(=O)O)C(C)(C)C5CC[C@]43C)C1=C(C(C)C)C(=O)C2)Cc1cccc(Cl)c1. The molecule has 6 rings (SSSR count). The minimum atomic E-state index is -1.17. The number of rotatable bonds is 10. The van der Waals surface area contributed by atoms with Crippen LogP contribution in [0.15, 0.2) is 35.4 Å². The van der Waals surface area contributed by atoms with Gasteiger partial charge in [-0.3, -0.25) is 19.2 Å². The number of carbonyl (C=O) groups is 4. The number of benzene rings is 1. The number of allylic oxidation sites excluding steroid dienone is 2. The molecular weight excluding hydrogens is 698 g/mol. The third-order valence-corrected chi connectivity index (χ3v) is 16.8. The van der Waals surface area contributed by atoms with Crippen LogP contribution in [0.25, 0.3) is 0 Å². The predicted octanol–water partition coefficient (Wildman–Crippen LogP) is 10.5. The number of ether oxygens (including phenoxy) is 1. The molecule has 5 aliphatic carbocycles. The summed E-state index contributed by atoms with van der Waals surface area (Å²) < 4.78 is 6.18. The molecule has 4 saturated carbocycles. The molecule has 0 aromatic heterocycles. The number of carbonyl (C=O) groups excluding carboxylic acids is 3. The van der Waals surface area contributed by atoms with E-state index in [1.165, 1.54) is 5.57 Å². The van der Waals surface area contributed by atoms with E-state index in [0.29, 0.717) is 48.1 Å². The predicted molar refractivity (Wildman–Crippen MR) is 213 cm³/mol. The Morgan fingerprint density at radius 3 is 2.30 bits per heavy atom. The van der Waals surface area contributed by atoms with E-state index in [1.807, 2.05) is 29.2 Å². The van der Waals surface area contributed by atoms with Crippen molar-refractivity contribution >= 4 is 35.2 Å². The highest BCUT2D eigenvalue weighted by atomic mass is 35.5. The molecule has 54 heavy (non-hydrogen) atoms. The summed E-state index contributed by atoms with van der Waals surface area (Å²) in [7, 11) is 0. The van der Waals surface area contributed by atoms with E-state index in [-0.39, 0.29) is 51.4 Å². The molecule has 8 atom stereocenters. The first kappa shape index (κ1) is 41.0. The zero-order chi connectivity index (χ0) is 39.8. The van der Waals surface area contributed by atoms with E-state index in [0.717, 1.165) is 68.9 Å². The van der Waals surface area contributed by atoms with Crippen LogP contribution in [0.1, 0.15) is 145 Å². The van der Waals surface area contributed by atoms with Crippen molar-refractivity contribution in [1.82, 2.24) is 4.90 Å². The monoisotopic (exact) mass is 763 g/mol. The van der Waals surface area contributed by atoms with Crippen molar-refractivity contribution in [3.8, 4) is 0 Å². The van der Waals surface area contributed by atoms with Crippen molar-refractivity contribution < 1.29 is 29.0 Å². The topological polar surface area (TPSA) is 101 Å². The fourth-order valence-electron chi connectivity index (χ4n) is 13.4. The van der Waals surface area contributed by atoms with Crippen molar-refractivity contribution in [2.24, 2.45) is 56.2 Å². The van der Waals surface area contributed by atoms with Crippen LogP contribution in [0.3, 0.4) is 0 Å². The molecule has 8 heteroatoms. The second kappa shape index (κ2) is 14.1. The summed E-state index contributed by atoms with van der Waals surface area (Å²) in [4.78, 5) is 54.0. The fraction of sp³-hybridized carbons (Fsp3) is 0.739. The summed E-state index contributed by atoms with van der Waals surface area (Å²) in [5.41, 5.74) is 2.10. The van der Waals surface area contributed by atoms with E-state index < -0.39 is 17.4 Å². The molecule has 2 unspecified atom stereocenters. The zero-order valence-electron chi connectivity index (χ0n) is 34.7.